The highest BCUT2D eigenvalue weighted by Crippen LogP contribution is 2.27. The molecule has 1 aromatic heterocycles. The second-order valence-electron chi connectivity index (χ2n) is 8.61. The standard InChI is InChI=1S/C25H32ClN5O/c1-31(2)24-20-7-3-5-9-22(20)29-25(30-24)28-17-18-11-13-19(14-12-18)27-15-16-32-23-10-6-4-8-21(23)26/h3-10,18-19,27H,11-17H2,1-2H3,(H,28,29,30). The van der Waals surface area contributed by atoms with Crippen LogP contribution < -0.4 is 20.3 Å². The highest BCUT2D eigenvalue weighted by Gasteiger charge is 2.21. The normalized spacial score (nSPS) is 18.5. The van der Waals surface area contributed by atoms with E-state index in [9.17, 15) is 0 Å². The van der Waals surface area contributed by atoms with E-state index in [-0.39, 0.29) is 0 Å². The number of nitrogens with one attached hydrogen (secondary N) is 2. The zero-order valence-corrected chi connectivity index (χ0v) is 19.6. The van der Waals surface area contributed by atoms with Gasteiger partial charge in [-0.1, -0.05) is 35.9 Å². The van der Waals surface area contributed by atoms with Gasteiger partial charge < -0.3 is 20.3 Å². The molecule has 4 rings (SSSR count). The van der Waals surface area contributed by atoms with Crippen LogP contribution in [0.25, 0.3) is 10.9 Å². The van der Waals surface area contributed by atoms with Gasteiger partial charge in [-0.25, -0.2) is 4.98 Å². The summed E-state index contributed by atoms with van der Waals surface area (Å²) in [4.78, 5) is 11.5. The first-order valence-corrected chi connectivity index (χ1v) is 11.8. The Balaban J connectivity index is 1.20. The predicted molar refractivity (Wildman–Crippen MR) is 133 cm³/mol. The maximum atomic E-state index is 6.13. The third-order valence-corrected chi connectivity index (χ3v) is 6.34. The van der Waals surface area contributed by atoms with E-state index in [1.165, 1.54) is 25.7 Å². The Morgan fingerprint density at radius 2 is 1.75 bits per heavy atom. The van der Waals surface area contributed by atoms with Gasteiger partial charge >= 0.3 is 0 Å². The summed E-state index contributed by atoms with van der Waals surface area (Å²) in [5.74, 6) is 3.05. The first-order chi connectivity index (χ1) is 15.6. The van der Waals surface area contributed by atoms with Gasteiger partial charge in [-0.3, -0.25) is 0 Å². The topological polar surface area (TPSA) is 62.3 Å². The molecule has 1 aliphatic rings. The summed E-state index contributed by atoms with van der Waals surface area (Å²) < 4.78 is 5.77. The summed E-state index contributed by atoms with van der Waals surface area (Å²) in [7, 11) is 4.04. The lowest BCUT2D eigenvalue weighted by Crippen LogP contribution is -2.36. The fourth-order valence-corrected chi connectivity index (χ4v) is 4.46. The van der Waals surface area contributed by atoms with Gasteiger partial charge in [0.1, 0.15) is 18.2 Å². The Kier molecular flexibility index (Phi) is 7.66. The largest absolute Gasteiger partial charge is 0.491 e. The maximum absolute atomic E-state index is 6.13. The third-order valence-electron chi connectivity index (χ3n) is 6.03. The van der Waals surface area contributed by atoms with Gasteiger partial charge in [-0.15, -0.1) is 0 Å². The Hall–Kier alpha value is -2.57. The fourth-order valence-electron chi connectivity index (χ4n) is 4.27. The van der Waals surface area contributed by atoms with Crippen LogP contribution in [-0.2, 0) is 0 Å². The highest BCUT2D eigenvalue weighted by molar-refractivity contribution is 6.32. The summed E-state index contributed by atoms with van der Waals surface area (Å²) in [6, 6.07) is 16.3. The molecule has 6 nitrogen and oxygen atoms in total. The second kappa shape index (κ2) is 10.8. The first-order valence-electron chi connectivity index (χ1n) is 11.4. The van der Waals surface area contributed by atoms with Gasteiger partial charge in [-0.2, -0.15) is 4.98 Å². The Bertz CT molecular complexity index is 1020. The van der Waals surface area contributed by atoms with Gasteiger partial charge in [0.25, 0.3) is 0 Å². The molecule has 0 spiro atoms. The van der Waals surface area contributed by atoms with Gasteiger partial charge in [0.2, 0.25) is 5.95 Å². The van der Waals surface area contributed by atoms with Crippen LogP contribution in [0.2, 0.25) is 5.02 Å². The number of benzene rings is 2. The number of aromatic nitrogens is 2. The Labute approximate surface area is 195 Å². The number of hydrogen-bond acceptors (Lipinski definition) is 6. The van der Waals surface area contributed by atoms with Gasteiger partial charge in [0.15, 0.2) is 0 Å². The van der Waals surface area contributed by atoms with Crippen molar-refractivity contribution >= 4 is 34.3 Å². The van der Waals surface area contributed by atoms with Gasteiger partial charge in [0.05, 0.1) is 10.5 Å². The molecule has 2 aromatic carbocycles. The number of fused-ring (bicyclic) bond motifs is 1. The fraction of sp³-hybridized carbons (Fsp3) is 0.440. The van der Waals surface area contributed by atoms with Crippen LogP contribution in [0, 0.1) is 5.92 Å². The molecule has 1 fully saturated rings. The van der Waals surface area contributed by atoms with Crippen LogP contribution in [-0.4, -0.2) is 49.8 Å². The maximum Gasteiger partial charge on any atom is 0.225 e. The molecule has 0 saturated heterocycles. The predicted octanol–water partition coefficient (Wildman–Crippen LogP) is 4.99. The SMILES string of the molecule is CN(C)c1nc(NCC2CCC(NCCOc3ccccc3Cl)CC2)nc2ccccc12. The smallest absolute Gasteiger partial charge is 0.225 e. The number of nitrogens with zero attached hydrogens (tertiary/aromatic N) is 3. The van der Waals surface area contributed by atoms with Crippen LogP contribution in [0.15, 0.2) is 48.5 Å². The van der Waals surface area contributed by atoms with Crippen LogP contribution in [0.5, 0.6) is 5.75 Å². The minimum absolute atomic E-state index is 0.554. The van der Waals surface area contributed by atoms with Crippen molar-refractivity contribution in [3.8, 4) is 5.75 Å². The number of hydrogen-bond donors (Lipinski definition) is 2. The number of anilines is 2. The van der Waals surface area contributed by atoms with Crippen molar-refractivity contribution in [1.82, 2.24) is 15.3 Å². The molecule has 170 valence electrons. The van der Waals surface area contributed by atoms with E-state index >= 15 is 0 Å². The average molecular weight is 454 g/mol. The lowest BCUT2D eigenvalue weighted by Gasteiger charge is -2.29. The van der Waals surface area contributed by atoms with E-state index in [0.717, 1.165) is 35.6 Å². The number of para-hydroxylation sites is 2. The van der Waals surface area contributed by atoms with E-state index < -0.39 is 0 Å². The van der Waals surface area contributed by atoms with Crippen LogP contribution in [0.1, 0.15) is 25.7 Å². The molecular weight excluding hydrogens is 422 g/mol. The third kappa shape index (κ3) is 5.81. The van der Waals surface area contributed by atoms with E-state index in [1.54, 1.807) is 0 Å². The van der Waals surface area contributed by atoms with Crippen molar-refractivity contribution in [1.29, 1.82) is 0 Å². The molecule has 0 amide bonds. The summed E-state index contributed by atoms with van der Waals surface area (Å²) in [6.45, 7) is 2.36. The lowest BCUT2D eigenvalue weighted by molar-refractivity contribution is 0.267. The quantitative estimate of drug-likeness (QED) is 0.445. The molecule has 3 aromatic rings. The summed E-state index contributed by atoms with van der Waals surface area (Å²) in [5.41, 5.74) is 0.973. The molecule has 0 bridgehead atoms. The molecule has 0 aliphatic heterocycles. The first kappa shape index (κ1) is 22.6. The molecule has 1 saturated carbocycles. The Morgan fingerprint density at radius 3 is 2.53 bits per heavy atom. The van der Waals surface area contributed by atoms with Crippen molar-refractivity contribution in [3.05, 3.63) is 53.6 Å². The number of ether oxygens (including phenoxy) is 1. The minimum Gasteiger partial charge on any atom is -0.491 e. The zero-order chi connectivity index (χ0) is 22.3. The number of halogens is 1. The second-order valence-corrected chi connectivity index (χ2v) is 9.02. The zero-order valence-electron chi connectivity index (χ0n) is 18.9. The lowest BCUT2D eigenvalue weighted by atomic mass is 9.86. The minimum atomic E-state index is 0.554. The molecule has 1 heterocycles. The number of rotatable bonds is 9. The molecule has 32 heavy (non-hydrogen) atoms. The molecule has 0 unspecified atom stereocenters. The van der Waals surface area contributed by atoms with Crippen molar-refractivity contribution < 1.29 is 4.74 Å². The molecule has 0 atom stereocenters. The summed E-state index contributed by atoms with van der Waals surface area (Å²) >= 11 is 6.13. The molecule has 2 N–H and O–H groups in total. The van der Waals surface area contributed by atoms with Crippen molar-refractivity contribution in [2.24, 2.45) is 5.92 Å². The van der Waals surface area contributed by atoms with E-state index in [2.05, 4.69) is 16.7 Å². The molecule has 0 radical (unpaired) electrons. The molecule has 7 heteroatoms. The van der Waals surface area contributed by atoms with E-state index in [1.807, 2.05) is 61.5 Å². The van der Waals surface area contributed by atoms with Crippen molar-refractivity contribution in [2.45, 2.75) is 31.7 Å². The Morgan fingerprint density at radius 1 is 1.00 bits per heavy atom. The molecular formula is C25H32ClN5O. The monoisotopic (exact) mass is 453 g/mol. The van der Waals surface area contributed by atoms with Gasteiger partial charge in [0, 0.05) is 38.6 Å². The summed E-state index contributed by atoms with van der Waals surface area (Å²) in [5, 5.41) is 8.86. The van der Waals surface area contributed by atoms with Crippen LogP contribution in [0.4, 0.5) is 11.8 Å². The van der Waals surface area contributed by atoms with Crippen molar-refractivity contribution in [3.63, 3.8) is 0 Å². The molecule has 1 aliphatic carbocycles. The van der Waals surface area contributed by atoms with Crippen molar-refractivity contribution in [2.75, 3.05) is 44.0 Å². The summed E-state index contributed by atoms with van der Waals surface area (Å²) in [6.07, 6.45) is 4.76. The van der Waals surface area contributed by atoms with E-state index in [4.69, 9.17) is 26.3 Å². The van der Waals surface area contributed by atoms with Crippen LogP contribution in [0.3, 0.4) is 0 Å². The van der Waals surface area contributed by atoms with Crippen LogP contribution >= 0.6 is 11.6 Å². The average Bonchev–Trinajstić information content (AvgIpc) is 2.81. The highest BCUT2D eigenvalue weighted by atomic mass is 35.5. The van der Waals surface area contributed by atoms with E-state index in [0.29, 0.717) is 29.5 Å². The van der Waals surface area contributed by atoms with Gasteiger partial charge in [-0.05, 0) is 55.9 Å².